The molecular weight excluding hydrogens is 218 g/mol. The first-order chi connectivity index (χ1) is 7.83. The van der Waals surface area contributed by atoms with Crippen LogP contribution < -0.4 is 5.73 Å². The lowest BCUT2D eigenvalue weighted by Crippen LogP contribution is -2.01. The van der Waals surface area contributed by atoms with Gasteiger partial charge in [0, 0.05) is 11.9 Å². The summed E-state index contributed by atoms with van der Waals surface area (Å²) >= 11 is 1.97. The summed E-state index contributed by atoms with van der Waals surface area (Å²) in [7, 11) is 0. The van der Waals surface area contributed by atoms with Gasteiger partial charge in [-0.1, -0.05) is 19.1 Å². The molecule has 0 unspecified atom stereocenters. The number of aromatic nitrogens is 2. The average molecular weight is 235 g/mol. The monoisotopic (exact) mass is 235 g/mol. The fourth-order valence-corrected chi connectivity index (χ4v) is 2.41. The summed E-state index contributed by atoms with van der Waals surface area (Å²) < 4.78 is 2.01. The van der Waals surface area contributed by atoms with Gasteiger partial charge in [0.1, 0.15) is 0 Å². The number of hydrogen-bond donors (Lipinski definition) is 1. The summed E-state index contributed by atoms with van der Waals surface area (Å²) in [5.41, 5.74) is 7.01. The molecule has 1 aromatic heterocycles. The van der Waals surface area contributed by atoms with E-state index in [2.05, 4.69) is 18.1 Å². The Hall–Kier alpha value is -1.16. The Balaban J connectivity index is 2.12. The van der Waals surface area contributed by atoms with E-state index in [0.29, 0.717) is 5.82 Å². The van der Waals surface area contributed by atoms with Crippen molar-refractivity contribution in [2.24, 2.45) is 0 Å². The topological polar surface area (TPSA) is 43.8 Å². The van der Waals surface area contributed by atoms with Gasteiger partial charge in [0.05, 0.1) is 5.52 Å². The Kier molecular flexibility index (Phi) is 3.72. The maximum absolute atomic E-state index is 5.87. The van der Waals surface area contributed by atoms with Gasteiger partial charge in [-0.2, -0.15) is 16.9 Å². The fraction of sp³-hybridized carbons (Fsp3) is 0.417. The van der Waals surface area contributed by atoms with Crippen LogP contribution in [0.4, 0.5) is 5.82 Å². The van der Waals surface area contributed by atoms with Gasteiger partial charge in [0.2, 0.25) is 0 Å². The van der Waals surface area contributed by atoms with E-state index >= 15 is 0 Å². The zero-order valence-electron chi connectivity index (χ0n) is 9.52. The van der Waals surface area contributed by atoms with Crippen molar-refractivity contribution in [3.05, 3.63) is 24.3 Å². The van der Waals surface area contributed by atoms with Crippen molar-refractivity contribution >= 4 is 28.5 Å². The van der Waals surface area contributed by atoms with Gasteiger partial charge in [-0.15, -0.1) is 0 Å². The largest absolute Gasteiger partial charge is 0.382 e. The predicted octanol–water partition coefficient (Wildman–Crippen LogP) is 2.76. The van der Waals surface area contributed by atoms with Crippen LogP contribution in [-0.4, -0.2) is 21.3 Å². The Morgan fingerprint density at radius 3 is 3.00 bits per heavy atom. The molecule has 2 N–H and O–H groups in total. The van der Waals surface area contributed by atoms with Crippen molar-refractivity contribution in [1.82, 2.24) is 9.78 Å². The van der Waals surface area contributed by atoms with Gasteiger partial charge in [-0.05, 0) is 30.1 Å². The lowest BCUT2D eigenvalue weighted by atomic mass is 10.2. The van der Waals surface area contributed by atoms with Crippen molar-refractivity contribution in [1.29, 1.82) is 0 Å². The van der Waals surface area contributed by atoms with Crippen molar-refractivity contribution in [2.75, 3.05) is 17.2 Å². The molecule has 0 radical (unpaired) electrons. The number of thioether (sulfide) groups is 1. The lowest BCUT2D eigenvalue weighted by Gasteiger charge is -2.02. The minimum atomic E-state index is 0.638. The third-order valence-corrected chi connectivity index (χ3v) is 3.53. The fourth-order valence-electron chi connectivity index (χ4n) is 1.78. The molecule has 1 heterocycles. The lowest BCUT2D eigenvalue weighted by molar-refractivity contribution is 0.629. The van der Waals surface area contributed by atoms with E-state index in [1.165, 1.54) is 11.5 Å². The molecule has 0 amide bonds. The van der Waals surface area contributed by atoms with Crippen LogP contribution in [0.1, 0.15) is 13.3 Å². The maximum atomic E-state index is 5.87. The van der Waals surface area contributed by atoms with Crippen LogP contribution in [0.2, 0.25) is 0 Å². The number of nitrogens with two attached hydrogens (primary N) is 1. The quantitative estimate of drug-likeness (QED) is 0.810. The van der Waals surface area contributed by atoms with Crippen LogP contribution in [0.5, 0.6) is 0 Å². The van der Waals surface area contributed by atoms with Gasteiger partial charge in [0.25, 0.3) is 0 Å². The molecule has 0 bridgehead atoms. The molecule has 2 rings (SSSR count). The normalized spacial score (nSPS) is 11.1. The second kappa shape index (κ2) is 5.25. The Morgan fingerprint density at radius 1 is 1.38 bits per heavy atom. The summed E-state index contributed by atoms with van der Waals surface area (Å²) in [6.07, 6.45) is 1.14. The smallest absolute Gasteiger partial charge is 0.153 e. The highest BCUT2D eigenvalue weighted by atomic mass is 32.2. The Bertz CT molecular complexity index is 464. The number of aryl methyl sites for hydroxylation is 1. The highest BCUT2D eigenvalue weighted by molar-refractivity contribution is 7.99. The minimum Gasteiger partial charge on any atom is -0.382 e. The summed E-state index contributed by atoms with van der Waals surface area (Å²) in [6.45, 7) is 3.14. The van der Waals surface area contributed by atoms with E-state index in [1.807, 2.05) is 34.6 Å². The standard InChI is InChI=1S/C12H17N3S/c1-2-16-9-5-8-15-11-7-4-3-6-10(11)12(13)14-15/h3-4,6-7H,2,5,8-9H2,1H3,(H2,13,14). The molecule has 0 saturated carbocycles. The van der Waals surface area contributed by atoms with E-state index in [0.717, 1.165) is 23.9 Å². The highest BCUT2D eigenvalue weighted by Gasteiger charge is 2.05. The van der Waals surface area contributed by atoms with E-state index in [-0.39, 0.29) is 0 Å². The van der Waals surface area contributed by atoms with Crippen LogP contribution in [0, 0.1) is 0 Å². The van der Waals surface area contributed by atoms with Gasteiger partial charge in [-0.25, -0.2) is 0 Å². The first kappa shape index (κ1) is 11.3. The van der Waals surface area contributed by atoms with Crippen LogP contribution in [-0.2, 0) is 6.54 Å². The first-order valence-corrected chi connectivity index (χ1v) is 6.77. The Labute approximate surface area is 100 Å². The Morgan fingerprint density at radius 2 is 2.19 bits per heavy atom. The van der Waals surface area contributed by atoms with Gasteiger partial charge >= 0.3 is 0 Å². The molecule has 16 heavy (non-hydrogen) atoms. The highest BCUT2D eigenvalue weighted by Crippen LogP contribution is 2.20. The van der Waals surface area contributed by atoms with Crippen molar-refractivity contribution in [3.8, 4) is 0 Å². The maximum Gasteiger partial charge on any atom is 0.153 e. The molecule has 0 aliphatic carbocycles. The average Bonchev–Trinajstić information content (AvgIpc) is 2.63. The third-order valence-electron chi connectivity index (χ3n) is 2.55. The predicted molar refractivity (Wildman–Crippen MR) is 71.8 cm³/mol. The molecule has 0 fully saturated rings. The second-order valence-corrected chi connectivity index (χ2v) is 5.07. The summed E-state index contributed by atoms with van der Waals surface area (Å²) in [6, 6.07) is 8.12. The number of nitrogen functional groups attached to an aromatic ring is 1. The zero-order chi connectivity index (χ0) is 11.4. The van der Waals surface area contributed by atoms with Gasteiger partial charge in [-0.3, -0.25) is 4.68 Å². The number of para-hydroxylation sites is 1. The molecule has 0 aliphatic heterocycles. The zero-order valence-corrected chi connectivity index (χ0v) is 10.3. The minimum absolute atomic E-state index is 0.638. The molecule has 86 valence electrons. The van der Waals surface area contributed by atoms with Crippen molar-refractivity contribution < 1.29 is 0 Å². The number of benzene rings is 1. The number of anilines is 1. The number of nitrogens with zero attached hydrogens (tertiary/aromatic N) is 2. The molecular formula is C12H17N3S. The van der Waals surface area contributed by atoms with Crippen LogP contribution in [0.15, 0.2) is 24.3 Å². The second-order valence-electron chi connectivity index (χ2n) is 3.68. The van der Waals surface area contributed by atoms with E-state index < -0.39 is 0 Å². The van der Waals surface area contributed by atoms with Gasteiger partial charge < -0.3 is 5.73 Å². The van der Waals surface area contributed by atoms with Crippen LogP contribution in [0.25, 0.3) is 10.9 Å². The van der Waals surface area contributed by atoms with Crippen molar-refractivity contribution in [3.63, 3.8) is 0 Å². The van der Waals surface area contributed by atoms with E-state index in [9.17, 15) is 0 Å². The molecule has 2 aromatic rings. The van der Waals surface area contributed by atoms with Crippen molar-refractivity contribution in [2.45, 2.75) is 19.9 Å². The first-order valence-electron chi connectivity index (χ1n) is 5.61. The van der Waals surface area contributed by atoms with Crippen LogP contribution in [0.3, 0.4) is 0 Å². The SMILES string of the molecule is CCSCCCn1nc(N)c2ccccc21. The number of fused-ring (bicyclic) bond motifs is 1. The third kappa shape index (κ3) is 2.32. The van der Waals surface area contributed by atoms with E-state index in [1.54, 1.807) is 0 Å². The van der Waals surface area contributed by atoms with E-state index in [4.69, 9.17) is 5.73 Å². The molecule has 0 aliphatic rings. The number of rotatable bonds is 5. The molecule has 4 heteroatoms. The summed E-state index contributed by atoms with van der Waals surface area (Å²) in [5.74, 6) is 3.01. The molecule has 0 saturated heterocycles. The molecule has 3 nitrogen and oxygen atoms in total. The summed E-state index contributed by atoms with van der Waals surface area (Å²) in [4.78, 5) is 0. The number of hydrogen-bond acceptors (Lipinski definition) is 3. The van der Waals surface area contributed by atoms with Gasteiger partial charge in [0.15, 0.2) is 5.82 Å². The molecule has 1 aromatic carbocycles. The van der Waals surface area contributed by atoms with Crippen LogP contribution >= 0.6 is 11.8 Å². The molecule has 0 spiro atoms. The summed E-state index contributed by atoms with van der Waals surface area (Å²) in [5, 5.41) is 5.43. The molecule has 0 atom stereocenters.